The number of rotatable bonds is 1. The fraction of sp³-hybridized carbons (Fsp3) is 0.400. The van der Waals surface area contributed by atoms with E-state index in [0.717, 1.165) is 0 Å². The minimum Gasteiger partial charge on any atom is -1.00 e. The number of fused-ring (bicyclic) bond motifs is 1. The summed E-state index contributed by atoms with van der Waals surface area (Å²) in [7, 11) is 2.19. The van der Waals surface area contributed by atoms with Crippen LogP contribution in [0.25, 0.3) is 11.3 Å². The first-order valence-corrected chi connectivity index (χ1v) is 6.50. The molecule has 0 saturated heterocycles. The van der Waals surface area contributed by atoms with Gasteiger partial charge in [-0.25, -0.2) is 9.13 Å². The van der Waals surface area contributed by atoms with Crippen LogP contribution in [-0.4, -0.2) is 4.57 Å². The average molecular weight is 307 g/mol. The third kappa shape index (κ3) is 2.37. The van der Waals surface area contributed by atoms with E-state index in [0.29, 0.717) is 0 Å². The van der Waals surface area contributed by atoms with Gasteiger partial charge in [-0.3, -0.25) is 0 Å². The summed E-state index contributed by atoms with van der Waals surface area (Å²) >= 11 is 0. The molecule has 0 N–H and O–H groups in total. The lowest BCUT2D eigenvalue weighted by Gasteiger charge is -1.98. The van der Waals surface area contributed by atoms with E-state index < -0.39 is 0 Å². The zero-order valence-electron chi connectivity index (χ0n) is 10.8. The van der Waals surface area contributed by atoms with Gasteiger partial charge in [-0.2, -0.15) is 0 Å². The van der Waals surface area contributed by atoms with Crippen LogP contribution < -0.4 is 21.5 Å². The SMILES string of the molecule is Cn1c(-c2ccccc2)c[n+]2c1CCCCC2.[Br-]. The van der Waals surface area contributed by atoms with Gasteiger partial charge in [0, 0.05) is 12.0 Å². The van der Waals surface area contributed by atoms with Crippen molar-refractivity contribution in [2.24, 2.45) is 7.05 Å². The second kappa shape index (κ2) is 5.70. The number of halogens is 1. The fourth-order valence-electron chi connectivity index (χ4n) is 2.76. The Morgan fingerprint density at radius 2 is 1.83 bits per heavy atom. The molecule has 0 bridgehead atoms. The molecule has 1 aromatic carbocycles. The largest absolute Gasteiger partial charge is 1.00 e. The Labute approximate surface area is 119 Å². The molecule has 0 fully saturated rings. The predicted octanol–water partition coefficient (Wildman–Crippen LogP) is -0.290. The van der Waals surface area contributed by atoms with Crippen molar-refractivity contribution < 1.29 is 21.5 Å². The Morgan fingerprint density at radius 1 is 1.06 bits per heavy atom. The Morgan fingerprint density at radius 3 is 2.61 bits per heavy atom. The van der Waals surface area contributed by atoms with Crippen LogP contribution in [0.2, 0.25) is 0 Å². The fourth-order valence-corrected chi connectivity index (χ4v) is 2.76. The summed E-state index contributed by atoms with van der Waals surface area (Å²) in [5, 5.41) is 0. The maximum atomic E-state index is 2.44. The van der Waals surface area contributed by atoms with E-state index in [2.05, 4.69) is 52.7 Å². The highest BCUT2D eigenvalue weighted by Crippen LogP contribution is 2.20. The molecule has 96 valence electrons. The summed E-state index contributed by atoms with van der Waals surface area (Å²) in [6.07, 6.45) is 7.53. The van der Waals surface area contributed by atoms with Crippen LogP contribution in [0.3, 0.4) is 0 Å². The molecule has 1 aromatic heterocycles. The normalized spacial score (nSPS) is 14.5. The maximum absolute atomic E-state index is 2.44. The number of aryl methyl sites for hydroxylation is 1. The summed E-state index contributed by atoms with van der Waals surface area (Å²) in [4.78, 5) is 0. The average Bonchev–Trinajstić information content (AvgIpc) is 2.56. The lowest BCUT2D eigenvalue weighted by Crippen LogP contribution is -3.00. The molecule has 1 aliphatic heterocycles. The van der Waals surface area contributed by atoms with Crippen molar-refractivity contribution in [2.75, 3.05) is 0 Å². The van der Waals surface area contributed by atoms with Crippen molar-refractivity contribution in [1.82, 2.24) is 4.57 Å². The summed E-state index contributed by atoms with van der Waals surface area (Å²) in [5.41, 5.74) is 2.65. The van der Waals surface area contributed by atoms with Crippen molar-refractivity contribution in [3.8, 4) is 11.3 Å². The molecule has 0 atom stereocenters. The lowest BCUT2D eigenvalue weighted by atomic mass is 10.1. The van der Waals surface area contributed by atoms with Gasteiger partial charge < -0.3 is 17.0 Å². The maximum Gasteiger partial charge on any atom is 0.256 e. The van der Waals surface area contributed by atoms with Gasteiger partial charge in [-0.15, -0.1) is 0 Å². The van der Waals surface area contributed by atoms with E-state index in [4.69, 9.17) is 0 Å². The molecule has 3 heteroatoms. The van der Waals surface area contributed by atoms with E-state index >= 15 is 0 Å². The van der Waals surface area contributed by atoms with Gasteiger partial charge in [0.15, 0.2) is 5.69 Å². The minimum atomic E-state index is 0. The molecule has 0 spiro atoms. The zero-order chi connectivity index (χ0) is 11.7. The van der Waals surface area contributed by atoms with Gasteiger partial charge in [-0.05, 0) is 19.3 Å². The van der Waals surface area contributed by atoms with Crippen LogP contribution in [0.1, 0.15) is 25.1 Å². The standard InChI is InChI=1S/C15H19N2.BrH/c1-16-14(13-8-4-2-5-9-13)12-17-11-7-3-6-10-15(16)17;/h2,4-5,8-9,12H,3,6-7,10-11H2,1H3;1H/q+1;/p-1. The molecule has 0 aliphatic carbocycles. The van der Waals surface area contributed by atoms with Crippen LogP contribution in [-0.2, 0) is 20.0 Å². The first kappa shape index (κ1) is 13.3. The van der Waals surface area contributed by atoms with Gasteiger partial charge in [0.2, 0.25) is 0 Å². The van der Waals surface area contributed by atoms with Gasteiger partial charge in [0.25, 0.3) is 5.82 Å². The van der Waals surface area contributed by atoms with Crippen molar-refractivity contribution >= 4 is 0 Å². The summed E-state index contributed by atoms with van der Waals surface area (Å²) in [6, 6.07) is 10.7. The van der Waals surface area contributed by atoms with E-state index in [1.165, 1.54) is 49.3 Å². The Bertz CT molecular complexity index is 517. The van der Waals surface area contributed by atoms with Crippen LogP contribution in [0.15, 0.2) is 36.5 Å². The highest BCUT2D eigenvalue weighted by molar-refractivity contribution is 5.58. The summed E-state index contributed by atoms with van der Waals surface area (Å²) in [6.45, 7) is 1.18. The Kier molecular flexibility index (Phi) is 4.23. The van der Waals surface area contributed by atoms with E-state index in [1.54, 1.807) is 0 Å². The molecular formula is C15H19BrN2. The second-order valence-electron chi connectivity index (χ2n) is 4.86. The summed E-state index contributed by atoms with van der Waals surface area (Å²) in [5.74, 6) is 1.47. The molecule has 2 aromatic rings. The van der Waals surface area contributed by atoms with Crippen molar-refractivity contribution in [3.05, 3.63) is 42.4 Å². The smallest absolute Gasteiger partial charge is 0.256 e. The first-order chi connectivity index (χ1) is 8.36. The quantitative estimate of drug-likeness (QED) is 0.640. The highest BCUT2D eigenvalue weighted by atomic mass is 79.9. The third-order valence-electron chi connectivity index (χ3n) is 3.73. The molecule has 0 unspecified atom stereocenters. The Balaban J connectivity index is 0.00000120. The molecule has 0 radical (unpaired) electrons. The van der Waals surface area contributed by atoms with Crippen LogP contribution in [0.4, 0.5) is 0 Å². The number of nitrogens with zero attached hydrogens (tertiary/aromatic N) is 2. The molecular weight excluding hydrogens is 288 g/mol. The van der Waals surface area contributed by atoms with Crippen LogP contribution in [0.5, 0.6) is 0 Å². The molecule has 18 heavy (non-hydrogen) atoms. The number of imidazole rings is 1. The Hall–Kier alpha value is -1.09. The van der Waals surface area contributed by atoms with E-state index in [1.807, 2.05) is 0 Å². The van der Waals surface area contributed by atoms with Crippen molar-refractivity contribution in [1.29, 1.82) is 0 Å². The first-order valence-electron chi connectivity index (χ1n) is 6.50. The highest BCUT2D eigenvalue weighted by Gasteiger charge is 2.22. The van der Waals surface area contributed by atoms with E-state index in [9.17, 15) is 0 Å². The van der Waals surface area contributed by atoms with Crippen LogP contribution in [0, 0.1) is 0 Å². The second-order valence-corrected chi connectivity index (χ2v) is 4.86. The van der Waals surface area contributed by atoms with E-state index in [-0.39, 0.29) is 17.0 Å². The van der Waals surface area contributed by atoms with Crippen LogP contribution >= 0.6 is 0 Å². The molecule has 0 saturated carbocycles. The zero-order valence-corrected chi connectivity index (χ0v) is 12.4. The van der Waals surface area contributed by atoms with Gasteiger partial charge in [0.05, 0.1) is 13.6 Å². The summed E-state index contributed by atoms with van der Waals surface area (Å²) < 4.78 is 4.80. The topological polar surface area (TPSA) is 8.81 Å². The molecule has 2 heterocycles. The van der Waals surface area contributed by atoms with Gasteiger partial charge >= 0.3 is 0 Å². The number of aromatic nitrogens is 2. The monoisotopic (exact) mass is 306 g/mol. The molecule has 0 amide bonds. The number of hydrogen-bond donors (Lipinski definition) is 0. The number of hydrogen-bond acceptors (Lipinski definition) is 0. The molecule has 2 nitrogen and oxygen atoms in total. The van der Waals surface area contributed by atoms with Gasteiger partial charge in [0.1, 0.15) is 6.20 Å². The molecule has 1 aliphatic rings. The molecule has 3 rings (SSSR count). The van der Waals surface area contributed by atoms with Crippen molar-refractivity contribution in [2.45, 2.75) is 32.2 Å². The minimum absolute atomic E-state index is 0. The van der Waals surface area contributed by atoms with Gasteiger partial charge in [-0.1, -0.05) is 30.3 Å². The lowest BCUT2D eigenvalue weighted by molar-refractivity contribution is -0.702. The number of benzene rings is 1. The van der Waals surface area contributed by atoms with Crippen molar-refractivity contribution in [3.63, 3.8) is 0 Å². The predicted molar refractivity (Wildman–Crippen MR) is 68.6 cm³/mol. The third-order valence-corrected chi connectivity index (χ3v) is 3.73.